The lowest BCUT2D eigenvalue weighted by Gasteiger charge is -2.49. The van der Waals surface area contributed by atoms with E-state index in [9.17, 15) is 4.79 Å². The molecular weight excluding hydrogens is 422 g/mol. The molecule has 3 fully saturated rings. The lowest BCUT2D eigenvalue weighted by molar-refractivity contribution is -0.127. The number of carbonyl (C=O) groups is 1. The molecule has 2 bridgehead atoms. The van der Waals surface area contributed by atoms with Gasteiger partial charge in [-0.1, -0.05) is 35.5 Å². The van der Waals surface area contributed by atoms with Gasteiger partial charge in [-0.2, -0.15) is 0 Å². The molecule has 5 heterocycles. The van der Waals surface area contributed by atoms with Crippen LogP contribution in [0.25, 0.3) is 0 Å². The first-order valence-corrected chi connectivity index (χ1v) is 12.1. The zero-order chi connectivity index (χ0) is 21.9. The van der Waals surface area contributed by atoms with Gasteiger partial charge in [0, 0.05) is 43.4 Å². The summed E-state index contributed by atoms with van der Waals surface area (Å²) in [6.45, 7) is 4.35. The van der Waals surface area contributed by atoms with Crippen molar-refractivity contribution in [2.75, 3.05) is 25.5 Å². The van der Waals surface area contributed by atoms with Crippen LogP contribution in [0.3, 0.4) is 0 Å². The minimum absolute atomic E-state index is 0.0434. The van der Waals surface area contributed by atoms with E-state index in [1.54, 1.807) is 6.20 Å². The van der Waals surface area contributed by atoms with Crippen LogP contribution in [0.1, 0.15) is 24.1 Å². The molecule has 1 aromatic carbocycles. The first kappa shape index (κ1) is 21.2. The standard InChI is InChI=1S/C23H29N7OS/c1-28(12-17-5-3-2-4-6-17)13-19-14-30(27-26-19)15-20-11-18-7-9-29(20)16-21(18)22(31)25-23-24-8-10-32-23/h2-6,8,10,14,18,20-21H,7,9,11-13,15-16H2,1H3,(H,24,25,31)/t18-,20-,21+/m1/s1. The maximum atomic E-state index is 12.8. The van der Waals surface area contributed by atoms with Crippen LogP contribution in [0.4, 0.5) is 5.13 Å². The fraction of sp³-hybridized carbons (Fsp3) is 0.478. The number of aromatic nitrogens is 4. The van der Waals surface area contributed by atoms with Gasteiger partial charge in [0.05, 0.1) is 18.2 Å². The Balaban J connectivity index is 1.14. The highest BCUT2D eigenvalue weighted by Gasteiger charge is 2.43. The molecule has 3 aliphatic heterocycles. The molecule has 32 heavy (non-hydrogen) atoms. The van der Waals surface area contributed by atoms with Crippen molar-refractivity contribution >= 4 is 22.4 Å². The van der Waals surface area contributed by atoms with Gasteiger partial charge < -0.3 is 5.32 Å². The molecule has 4 atom stereocenters. The van der Waals surface area contributed by atoms with Crippen LogP contribution in [0.5, 0.6) is 0 Å². The molecule has 1 unspecified atom stereocenters. The Morgan fingerprint density at radius 1 is 1.28 bits per heavy atom. The monoisotopic (exact) mass is 451 g/mol. The fourth-order valence-corrected chi connectivity index (χ4v) is 5.58. The highest BCUT2D eigenvalue weighted by Crippen LogP contribution is 2.37. The maximum absolute atomic E-state index is 12.8. The molecule has 8 nitrogen and oxygen atoms in total. The van der Waals surface area contributed by atoms with E-state index in [0.717, 1.165) is 51.3 Å². The molecule has 3 aliphatic rings. The molecule has 3 saturated heterocycles. The van der Waals surface area contributed by atoms with Gasteiger partial charge in [0.1, 0.15) is 0 Å². The second-order valence-corrected chi connectivity index (χ2v) is 9.85. The summed E-state index contributed by atoms with van der Waals surface area (Å²) >= 11 is 1.47. The molecule has 1 amide bonds. The van der Waals surface area contributed by atoms with Gasteiger partial charge in [0.25, 0.3) is 0 Å². The Kier molecular flexibility index (Phi) is 6.29. The van der Waals surface area contributed by atoms with E-state index >= 15 is 0 Å². The number of fused-ring (bicyclic) bond motifs is 3. The number of nitrogens with one attached hydrogen (secondary N) is 1. The van der Waals surface area contributed by atoms with Crippen molar-refractivity contribution in [3.05, 3.63) is 59.4 Å². The van der Waals surface area contributed by atoms with Gasteiger partial charge in [-0.15, -0.1) is 16.4 Å². The summed E-state index contributed by atoms with van der Waals surface area (Å²) < 4.78 is 1.97. The van der Waals surface area contributed by atoms with E-state index in [4.69, 9.17) is 0 Å². The number of nitrogens with zero attached hydrogens (tertiary/aromatic N) is 6. The van der Waals surface area contributed by atoms with Crippen molar-refractivity contribution in [3.8, 4) is 0 Å². The molecule has 168 valence electrons. The quantitative estimate of drug-likeness (QED) is 0.567. The van der Waals surface area contributed by atoms with Crippen LogP contribution >= 0.6 is 11.3 Å². The van der Waals surface area contributed by atoms with Gasteiger partial charge in [-0.25, -0.2) is 4.98 Å². The lowest BCUT2D eigenvalue weighted by Crippen LogP contribution is -2.57. The second kappa shape index (κ2) is 9.48. The topological polar surface area (TPSA) is 79.2 Å². The van der Waals surface area contributed by atoms with Gasteiger partial charge >= 0.3 is 0 Å². The summed E-state index contributed by atoms with van der Waals surface area (Å²) in [4.78, 5) is 21.6. The summed E-state index contributed by atoms with van der Waals surface area (Å²) in [5.41, 5.74) is 2.28. The number of benzene rings is 1. The van der Waals surface area contributed by atoms with Crippen molar-refractivity contribution < 1.29 is 4.79 Å². The molecule has 6 rings (SSSR count). The summed E-state index contributed by atoms with van der Waals surface area (Å²) in [7, 11) is 2.11. The fourth-order valence-electron chi connectivity index (χ4n) is 5.05. The van der Waals surface area contributed by atoms with E-state index in [-0.39, 0.29) is 11.8 Å². The van der Waals surface area contributed by atoms with Crippen LogP contribution < -0.4 is 5.32 Å². The zero-order valence-electron chi connectivity index (χ0n) is 18.3. The molecular formula is C23H29N7OS. The number of amides is 1. The van der Waals surface area contributed by atoms with Crippen LogP contribution in [0, 0.1) is 11.8 Å². The third-order valence-corrected chi connectivity index (χ3v) is 7.28. The number of hydrogen-bond donors (Lipinski definition) is 1. The van der Waals surface area contributed by atoms with Crippen molar-refractivity contribution in [2.24, 2.45) is 11.8 Å². The normalized spacial score (nSPS) is 24.7. The van der Waals surface area contributed by atoms with E-state index in [0.29, 0.717) is 17.1 Å². The van der Waals surface area contributed by atoms with E-state index < -0.39 is 0 Å². The third-order valence-electron chi connectivity index (χ3n) is 6.59. The predicted octanol–water partition coefficient (Wildman–Crippen LogP) is 2.72. The van der Waals surface area contributed by atoms with E-state index in [2.05, 4.69) is 67.9 Å². The number of hydrogen-bond acceptors (Lipinski definition) is 7. The summed E-state index contributed by atoms with van der Waals surface area (Å²) in [6.07, 6.45) is 5.90. The Morgan fingerprint density at radius 3 is 2.91 bits per heavy atom. The molecule has 3 aromatic rings. The third kappa shape index (κ3) is 4.90. The Hall–Kier alpha value is -2.62. The van der Waals surface area contributed by atoms with Crippen LogP contribution in [0.2, 0.25) is 0 Å². The Bertz CT molecular complexity index is 1020. The highest BCUT2D eigenvalue weighted by atomic mass is 32.1. The first-order valence-electron chi connectivity index (χ1n) is 11.2. The largest absolute Gasteiger partial charge is 0.302 e. The van der Waals surface area contributed by atoms with Crippen molar-refractivity contribution in [1.29, 1.82) is 0 Å². The molecule has 0 radical (unpaired) electrons. The average molecular weight is 452 g/mol. The SMILES string of the molecule is CN(Cc1ccccc1)Cc1cn(C[C@H]2C[C@H]3CCN2C[C@@H]3C(=O)Nc2nccs2)nn1. The van der Waals surface area contributed by atoms with Crippen molar-refractivity contribution in [2.45, 2.75) is 38.5 Å². The number of anilines is 1. The average Bonchev–Trinajstić information content (AvgIpc) is 3.47. The van der Waals surface area contributed by atoms with Crippen LogP contribution in [-0.4, -0.2) is 61.9 Å². The molecule has 0 aliphatic carbocycles. The second-order valence-electron chi connectivity index (χ2n) is 8.96. The summed E-state index contributed by atoms with van der Waals surface area (Å²) in [5.74, 6) is 0.574. The van der Waals surface area contributed by atoms with Crippen LogP contribution in [0.15, 0.2) is 48.1 Å². The van der Waals surface area contributed by atoms with Crippen LogP contribution in [-0.2, 0) is 24.4 Å². The maximum Gasteiger partial charge on any atom is 0.230 e. The molecule has 0 saturated carbocycles. The Labute approximate surface area is 192 Å². The smallest absolute Gasteiger partial charge is 0.230 e. The highest BCUT2D eigenvalue weighted by molar-refractivity contribution is 7.13. The lowest BCUT2D eigenvalue weighted by atomic mass is 9.75. The minimum atomic E-state index is 0.0434. The minimum Gasteiger partial charge on any atom is -0.302 e. The first-order chi connectivity index (χ1) is 15.6. The van der Waals surface area contributed by atoms with Crippen molar-refractivity contribution in [3.63, 3.8) is 0 Å². The molecule has 2 aromatic heterocycles. The van der Waals surface area contributed by atoms with Crippen molar-refractivity contribution in [1.82, 2.24) is 29.8 Å². The molecule has 9 heteroatoms. The van der Waals surface area contributed by atoms with E-state index in [1.807, 2.05) is 16.1 Å². The summed E-state index contributed by atoms with van der Waals surface area (Å²) in [6, 6.07) is 10.9. The number of carbonyl (C=O) groups excluding carboxylic acids is 1. The Morgan fingerprint density at radius 2 is 2.16 bits per heavy atom. The molecule has 0 spiro atoms. The molecule has 1 N–H and O–H groups in total. The predicted molar refractivity (Wildman–Crippen MR) is 124 cm³/mol. The van der Waals surface area contributed by atoms with Gasteiger partial charge in [-0.05, 0) is 37.9 Å². The number of piperidine rings is 3. The number of thiazole rings is 1. The zero-order valence-corrected chi connectivity index (χ0v) is 19.1. The van der Waals surface area contributed by atoms with Gasteiger partial charge in [0.2, 0.25) is 5.91 Å². The number of rotatable bonds is 8. The van der Waals surface area contributed by atoms with Gasteiger partial charge in [0.15, 0.2) is 5.13 Å². The summed E-state index contributed by atoms with van der Waals surface area (Å²) in [5, 5.41) is 14.3. The van der Waals surface area contributed by atoms with E-state index in [1.165, 1.54) is 16.9 Å². The van der Waals surface area contributed by atoms with Gasteiger partial charge in [-0.3, -0.25) is 19.3 Å².